The Labute approximate surface area is 129 Å². The molecule has 0 aromatic heterocycles. The zero-order chi connectivity index (χ0) is 16.1. The van der Waals surface area contributed by atoms with Crippen molar-refractivity contribution in [2.45, 2.75) is 32.7 Å². The third-order valence-electron chi connectivity index (χ3n) is 3.45. The van der Waals surface area contributed by atoms with Crippen LogP contribution in [0.15, 0.2) is 35.5 Å². The predicted molar refractivity (Wildman–Crippen MR) is 81.1 cm³/mol. The summed E-state index contributed by atoms with van der Waals surface area (Å²) < 4.78 is 5.27. The number of esters is 1. The van der Waals surface area contributed by atoms with Crippen LogP contribution in [0.4, 0.5) is 4.79 Å². The molecule has 0 bridgehead atoms. The van der Waals surface area contributed by atoms with Crippen molar-refractivity contribution in [1.82, 2.24) is 10.6 Å². The molecule has 1 aliphatic heterocycles. The lowest BCUT2D eigenvalue weighted by atomic mass is 9.95. The summed E-state index contributed by atoms with van der Waals surface area (Å²) in [7, 11) is 0. The number of phenols is 1. The molecule has 0 spiro atoms. The summed E-state index contributed by atoms with van der Waals surface area (Å²) in [6.07, 6.45) is 1.73. The number of hydrogen-bond donors (Lipinski definition) is 3. The summed E-state index contributed by atoms with van der Waals surface area (Å²) in [4.78, 5) is 24.0. The summed E-state index contributed by atoms with van der Waals surface area (Å²) in [5, 5.41) is 14.7. The first-order chi connectivity index (χ1) is 10.5. The van der Waals surface area contributed by atoms with Crippen LogP contribution in [0, 0.1) is 0 Å². The minimum atomic E-state index is -0.594. The van der Waals surface area contributed by atoms with Crippen molar-refractivity contribution in [3.63, 3.8) is 0 Å². The zero-order valence-electron chi connectivity index (χ0n) is 12.7. The minimum absolute atomic E-state index is 0.122. The Morgan fingerprint density at radius 1 is 1.32 bits per heavy atom. The number of phenolic OH excluding ortho intramolecular Hbond substituents is 1. The summed E-state index contributed by atoms with van der Waals surface area (Å²) in [5.74, 6) is -0.326. The van der Waals surface area contributed by atoms with Gasteiger partial charge in [-0.2, -0.15) is 0 Å². The number of aromatic hydroxyl groups is 1. The van der Waals surface area contributed by atoms with E-state index < -0.39 is 12.0 Å². The molecule has 0 fully saturated rings. The zero-order valence-corrected chi connectivity index (χ0v) is 12.7. The van der Waals surface area contributed by atoms with Crippen molar-refractivity contribution in [1.29, 1.82) is 0 Å². The summed E-state index contributed by atoms with van der Waals surface area (Å²) in [5.41, 5.74) is 1.55. The van der Waals surface area contributed by atoms with Gasteiger partial charge in [0.25, 0.3) is 0 Å². The van der Waals surface area contributed by atoms with E-state index in [2.05, 4.69) is 10.6 Å². The van der Waals surface area contributed by atoms with Crippen LogP contribution >= 0.6 is 0 Å². The number of rotatable bonds is 5. The Bertz CT molecular complexity index is 593. The number of carbonyl (C=O) groups excluding carboxylic acids is 2. The topological polar surface area (TPSA) is 87.7 Å². The molecule has 2 amide bonds. The molecule has 1 heterocycles. The Morgan fingerprint density at radius 2 is 2.00 bits per heavy atom. The van der Waals surface area contributed by atoms with Crippen LogP contribution in [-0.4, -0.2) is 23.7 Å². The van der Waals surface area contributed by atoms with E-state index in [1.54, 1.807) is 19.1 Å². The van der Waals surface area contributed by atoms with E-state index in [-0.39, 0.29) is 11.8 Å². The highest BCUT2D eigenvalue weighted by atomic mass is 16.5. The van der Waals surface area contributed by atoms with E-state index in [1.165, 1.54) is 12.1 Å². The van der Waals surface area contributed by atoms with E-state index >= 15 is 0 Å². The lowest BCUT2D eigenvalue weighted by Gasteiger charge is -2.28. The highest BCUT2D eigenvalue weighted by molar-refractivity contribution is 5.95. The predicted octanol–water partition coefficient (Wildman–Crippen LogP) is 2.36. The molecule has 0 unspecified atom stereocenters. The largest absolute Gasteiger partial charge is 0.508 e. The second-order valence-electron chi connectivity index (χ2n) is 5.15. The van der Waals surface area contributed by atoms with Gasteiger partial charge in [-0.05, 0) is 31.0 Å². The lowest BCUT2D eigenvalue weighted by molar-refractivity contribution is -0.139. The van der Waals surface area contributed by atoms with Crippen molar-refractivity contribution in [2.75, 3.05) is 6.61 Å². The molecule has 1 aliphatic rings. The summed E-state index contributed by atoms with van der Waals surface area (Å²) in [6, 6.07) is 5.39. The van der Waals surface area contributed by atoms with Gasteiger partial charge in [0.05, 0.1) is 18.2 Å². The van der Waals surface area contributed by atoms with Gasteiger partial charge in [0.2, 0.25) is 0 Å². The lowest BCUT2D eigenvalue weighted by Crippen LogP contribution is -2.45. The third-order valence-corrected chi connectivity index (χ3v) is 3.45. The van der Waals surface area contributed by atoms with Gasteiger partial charge in [-0.3, -0.25) is 0 Å². The Balaban J connectivity index is 2.28. The standard InChI is InChI=1S/C16H20N2O4/c1-3-4-9-22-15(20)13-10(2)17-16(21)18-14(13)11-5-7-12(19)8-6-11/h5-8,14,19H,3-4,9H2,1-2H3,(H2,17,18,21)/t14-/m1/s1. The van der Waals surface area contributed by atoms with Crippen LogP contribution < -0.4 is 10.6 Å². The normalized spacial score (nSPS) is 17.7. The second-order valence-corrected chi connectivity index (χ2v) is 5.15. The molecule has 6 heteroatoms. The van der Waals surface area contributed by atoms with Crippen molar-refractivity contribution in [3.8, 4) is 5.75 Å². The number of nitrogens with one attached hydrogen (secondary N) is 2. The highest BCUT2D eigenvalue weighted by Gasteiger charge is 2.32. The fourth-order valence-electron chi connectivity index (χ4n) is 2.27. The third kappa shape index (κ3) is 3.58. The average molecular weight is 304 g/mol. The number of hydrogen-bond acceptors (Lipinski definition) is 4. The van der Waals surface area contributed by atoms with Gasteiger partial charge in [-0.1, -0.05) is 25.5 Å². The van der Waals surface area contributed by atoms with E-state index in [1.807, 2.05) is 6.92 Å². The van der Waals surface area contributed by atoms with Crippen LogP contribution in [0.25, 0.3) is 0 Å². The van der Waals surface area contributed by atoms with Crippen LogP contribution in [0.3, 0.4) is 0 Å². The Hall–Kier alpha value is -2.50. The van der Waals surface area contributed by atoms with Crippen molar-refractivity contribution >= 4 is 12.0 Å². The van der Waals surface area contributed by atoms with Crippen molar-refractivity contribution in [3.05, 3.63) is 41.1 Å². The molecule has 1 atom stereocenters. The maximum absolute atomic E-state index is 12.3. The fourth-order valence-corrected chi connectivity index (χ4v) is 2.27. The summed E-state index contributed by atoms with van der Waals surface area (Å²) >= 11 is 0. The molecule has 6 nitrogen and oxygen atoms in total. The molecule has 0 radical (unpaired) electrons. The second kappa shape index (κ2) is 6.98. The molecular weight excluding hydrogens is 284 g/mol. The molecule has 1 aromatic carbocycles. The molecule has 0 saturated carbocycles. The van der Waals surface area contributed by atoms with Gasteiger partial charge >= 0.3 is 12.0 Å². The number of allylic oxidation sites excluding steroid dienone is 1. The maximum Gasteiger partial charge on any atom is 0.338 e. The SMILES string of the molecule is CCCCOC(=O)C1=C(C)NC(=O)N[C@@H]1c1ccc(O)cc1. The molecule has 0 aliphatic carbocycles. The van der Waals surface area contributed by atoms with E-state index in [4.69, 9.17) is 4.74 Å². The Kier molecular flexibility index (Phi) is 5.04. The first-order valence-electron chi connectivity index (χ1n) is 7.27. The van der Waals surface area contributed by atoms with Gasteiger partial charge in [-0.15, -0.1) is 0 Å². The van der Waals surface area contributed by atoms with Gasteiger partial charge in [0.15, 0.2) is 0 Å². The number of unbranched alkanes of at least 4 members (excludes halogenated alkanes) is 1. The number of ether oxygens (including phenoxy) is 1. The molecule has 3 N–H and O–H groups in total. The minimum Gasteiger partial charge on any atom is -0.508 e. The van der Waals surface area contributed by atoms with Gasteiger partial charge in [-0.25, -0.2) is 9.59 Å². The molecule has 0 saturated heterocycles. The smallest absolute Gasteiger partial charge is 0.338 e. The van der Waals surface area contributed by atoms with E-state index in [0.717, 1.165) is 12.8 Å². The van der Waals surface area contributed by atoms with Gasteiger partial charge < -0.3 is 20.5 Å². The number of carbonyl (C=O) groups is 2. The van der Waals surface area contributed by atoms with Gasteiger partial charge in [0.1, 0.15) is 5.75 Å². The van der Waals surface area contributed by atoms with Crippen LogP contribution in [-0.2, 0) is 9.53 Å². The quantitative estimate of drug-likeness (QED) is 0.575. The number of amides is 2. The molecular formula is C16H20N2O4. The highest BCUT2D eigenvalue weighted by Crippen LogP contribution is 2.28. The first-order valence-corrected chi connectivity index (χ1v) is 7.27. The Morgan fingerprint density at radius 3 is 2.64 bits per heavy atom. The van der Waals surface area contributed by atoms with Crippen LogP contribution in [0.2, 0.25) is 0 Å². The molecule has 2 rings (SSSR count). The number of benzene rings is 1. The van der Waals surface area contributed by atoms with E-state index in [9.17, 15) is 14.7 Å². The fraction of sp³-hybridized carbons (Fsp3) is 0.375. The monoisotopic (exact) mass is 304 g/mol. The van der Waals surface area contributed by atoms with Crippen molar-refractivity contribution < 1.29 is 19.4 Å². The van der Waals surface area contributed by atoms with Crippen LogP contribution in [0.1, 0.15) is 38.3 Å². The van der Waals surface area contributed by atoms with Crippen LogP contribution in [0.5, 0.6) is 5.75 Å². The van der Waals surface area contributed by atoms with E-state index in [0.29, 0.717) is 23.4 Å². The molecule has 118 valence electrons. The van der Waals surface area contributed by atoms with Crippen molar-refractivity contribution in [2.24, 2.45) is 0 Å². The molecule has 22 heavy (non-hydrogen) atoms. The van der Waals surface area contributed by atoms with Gasteiger partial charge in [0, 0.05) is 5.70 Å². The maximum atomic E-state index is 12.3. The summed E-state index contributed by atoms with van der Waals surface area (Å²) in [6.45, 7) is 4.03. The number of urea groups is 1. The first kappa shape index (κ1) is 15.9. The molecule has 1 aromatic rings. The average Bonchev–Trinajstić information content (AvgIpc) is 2.47.